The molecule has 3 aromatic rings. The zero-order chi connectivity index (χ0) is 16.4. The molecule has 0 saturated carbocycles. The smallest absolute Gasteiger partial charge is 0.141 e. The van der Waals surface area contributed by atoms with Crippen LogP contribution < -0.4 is 4.74 Å². The van der Waals surface area contributed by atoms with Gasteiger partial charge in [-0.15, -0.1) is 0 Å². The predicted octanol–water partition coefficient (Wildman–Crippen LogP) is 5.54. The van der Waals surface area contributed by atoms with Gasteiger partial charge in [0, 0.05) is 16.0 Å². The molecule has 0 bridgehead atoms. The fourth-order valence-corrected chi connectivity index (χ4v) is 3.33. The van der Waals surface area contributed by atoms with Gasteiger partial charge >= 0.3 is 0 Å². The lowest BCUT2D eigenvalue weighted by molar-refractivity contribution is 0.411. The number of hydrogen-bond acceptors (Lipinski definition) is 3. The highest BCUT2D eigenvalue weighted by Gasteiger charge is 2.07. The standard InChI is InChI=1S/C18H13BrClNO2/c1-23-18-12(9-13(20)10-15(18)19)6-8-14-7-5-11-3-2-4-16(22)17(11)21-14/h2-10,22H,1H3. The molecule has 2 aromatic carbocycles. The lowest BCUT2D eigenvalue weighted by atomic mass is 10.1. The average molecular weight is 391 g/mol. The van der Waals surface area contributed by atoms with Crippen LogP contribution in [0.15, 0.2) is 46.9 Å². The van der Waals surface area contributed by atoms with Gasteiger partial charge in [0.2, 0.25) is 0 Å². The molecule has 0 saturated heterocycles. The molecule has 3 rings (SSSR count). The summed E-state index contributed by atoms with van der Waals surface area (Å²) in [5.74, 6) is 0.870. The molecule has 0 amide bonds. The van der Waals surface area contributed by atoms with Crippen molar-refractivity contribution in [2.45, 2.75) is 0 Å². The van der Waals surface area contributed by atoms with E-state index in [0.717, 1.165) is 21.1 Å². The number of phenolic OH excluding ortho intramolecular Hbond substituents is 1. The number of para-hydroxylation sites is 1. The van der Waals surface area contributed by atoms with Crippen molar-refractivity contribution >= 4 is 50.6 Å². The maximum atomic E-state index is 9.91. The summed E-state index contributed by atoms with van der Waals surface area (Å²) in [4.78, 5) is 4.47. The minimum atomic E-state index is 0.167. The first kappa shape index (κ1) is 15.8. The Morgan fingerprint density at radius 2 is 2.00 bits per heavy atom. The molecule has 3 nitrogen and oxygen atoms in total. The maximum Gasteiger partial charge on any atom is 0.141 e. The Hall–Kier alpha value is -2.04. The minimum Gasteiger partial charge on any atom is -0.506 e. The van der Waals surface area contributed by atoms with Crippen molar-refractivity contribution in [3.63, 3.8) is 0 Å². The lowest BCUT2D eigenvalue weighted by Gasteiger charge is -2.08. The number of ether oxygens (including phenoxy) is 1. The van der Waals surface area contributed by atoms with Crippen molar-refractivity contribution in [2.75, 3.05) is 7.11 Å². The number of rotatable bonds is 3. The third-order valence-electron chi connectivity index (χ3n) is 3.40. The molecule has 23 heavy (non-hydrogen) atoms. The number of aromatic hydroxyl groups is 1. The van der Waals surface area contributed by atoms with E-state index >= 15 is 0 Å². The largest absolute Gasteiger partial charge is 0.506 e. The minimum absolute atomic E-state index is 0.167. The molecule has 1 aromatic heterocycles. The van der Waals surface area contributed by atoms with E-state index in [-0.39, 0.29) is 5.75 Å². The Kier molecular flexibility index (Phi) is 4.55. The van der Waals surface area contributed by atoms with Crippen molar-refractivity contribution in [3.05, 3.63) is 63.2 Å². The molecule has 0 fully saturated rings. The summed E-state index contributed by atoms with van der Waals surface area (Å²) in [6.07, 6.45) is 3.73. The van der Waals surface area contributed by atoms with Crippen LogP contribution in [0.25, 0.3) is 23.1 Å². The van der Waals surface area contributed by atoms with Crippen molar-refractivity contribution < 1.29 is 9.84 Å². The number of nitrogens with zero attached hydrogens (tertiary/aromatic N) is 1. The number of aromatic nitrogens is 1. The normalized spacial score (nSPS) is 11.3. The van der Waals surface area contributed by atoms with E-state index in [2.05, 4.69) is 20.9 Å². The molecule has 1 heterocycles. The summed E-state index contributed by atoms with van der Waals surface area (Å²) in [7, 11) is 1.61. The summed E-state index contributed by atoms with van der Waals surface area (Å²) in [5, 5.41) is 11.4. The van der Waals surface area contributed by atoms with Gasteiger partial charge in [0.25, 0.3) is 0 Å². The molecule has 0 atom stereocenters. The topological polar surface area (TPSA) is 42.4 Å². The zero-order valence-corrected chi connectivity index (χ0v) is 14.6. The third-order valence-corrected chi connectivity index (χ3v) is 4.20. The Labute approximate surface area is 147 Å². The van der Waals surface area contributed by atoms with E-state index in [0.29, 0.717) is 16.3 Å². The number of pyridine rings is 1. The lowest BCUT2D eigenvalue weighted by Crippen LogP contribution is -1.89. The Bertz CT molecular complexity index is 909. The molecule has 0 aliphatic carbocycles. The van der Waals surface area contributed by atoms with Gasteiger partial charge in [0.1, 0.15) is 17.0 Å². The van der Waals surface area contributed by atoms with Gasteiger partial charge < -0.3 is 9.84 Å². The van der Waals surface area contributed by atoms with E-state index in [9.17, 15) is 5.11 Å². The highest BCUT2D eigenvalue weighted by molar-refractivity contribution is 9.10. The highest BCUT2D eigenvalue weighted by Crippen LogP contribution is 2.33. The summed E-state index contributed by atoms with van der Waals surface area (Å²) in [6.45, 7) is 0. The SMILES string of the molecule is COc1c(Br)cc(Cl)cc1C=Cc1ccc2cccc(O)c2n1. The van der Waals surface area contributed by atoms with Gasteiger partial charge in [0.05, 0.1) is 17.3 Å². The molecule has 0 unspecified atom stereocenters. The van der Waals surface area contributed by atoms with Crippen LogP contribution in [-0.4, -0.2) is 17.2 Å². The number of hydrogen-bond donors (Lipinski definition) is 1. The Morgan fingerprint density at radius 1 is 1.17 bits per heavy atom. The average Bonchev–Trinajstić information content (AvgIpc) is 2.53. The van der Waals surface area contributed by atoms with Crippen LogP contribution in [0.1, 0.15) is 11.3 Å². The first-order valence-electron chi connectivity index (χ1n) is 6.88. The molecule has 116 valence electrons. The predicted molar refractivity (Wildman–Crippen MR) is 98.0 cm³/mol. The van der Waals surface area contributed by atoms with Gasteiger partial charge in [-0.05, 0) is 52.3 Å². The number of fused-ring (bicyclic) bond motifs is 1. The quantitative estimate of drug-likeness (QED) is 0.639. The number of phenols is 1. The first-order chi connectivity index (χ1) is 11.1. The second kappa shape index (κ2) is 6.60. The van der Waals surface area contributed by atoms with E-state index in [1.807, 2.05) is 36.4 Å². The Morgan fingerprint density at radius 3 is 2.78 bits per heavy atom. The second-order valence-electron chi connectivity index (χ2n) is 4.93. The van der Waals surface area contributed by atoms with E-state index < -0.39 is 0 Å². The van der Waals surface area contributed by atoms with Gasteiger partial charge in [-0.1, -0.05) is 29.8 Å². The van der Waals surface area contributed by atoms with Crippen molar-refractivity contribution in [2.24, 2.45) is 0 Å². The van der Waals surface area contributed by atoms with Crippen molar-refractivity contribution in [1.29, 1.82) is 0 Å². The summed E-state index contributed by atoms with van der Waals surface area (Å²) in [6, 6.07) is 12.7. The molecule has 0 radical (unpaired) electrons. The molecule has 1 N–H and O–H groups in total. The molecule has 5 heteroatoms. The van der Waals surface area contributed by atoms with Gasteiger partial charge in [-0.3, -0.25) is 0 Å². The summed E-state index contributed by atoms with van der Waals surface area (Å²) < 4.78 is 6.18. The van der Waals surface area contributed by atoms with Crippen LogP contribution in [0, 0.1) is 0 Å². The second-order valence-corrected chi connectivity index (χ2v) is 6.22. The van der Waals surface area contributed by atoms with Crippen LogP contribution in [-0.2, 0) is 0 Å². The van der Waals surface area contributed by atoms with E-state index in [4.69, 9.17) is 16.3 Å². The number of halogens is 2. The zero-order valence-electron chi connectivity index (χ0n) is 12.3. The maximum absolute atomic E-state index is 9.91. The van der Waals surface area contributed by atoms with Crippen LogP contribution >= 0.6 is 27.5 Å². The fourth-order valence-electron chi connectivity index (χ4n) is 2.33. The summed E-state index contributed by atoms with van der Waals surface area (Å²) >= 11 is 9.53. The van der Waals surface area contributed by atoms with Crippen LogP contribution in [0.2, 0.25) is 5.02 Å². The molecular formula is C18H13BrClNO2. The van der Waals surface area contributed by atoms with Gasteiger partial charge in [0.15, 0.2) is 0 Å². The van der Waals surface area contributed by atoms with Crippen molar-refractivity contribution in [1.82, 2.24) is 4.98 Å². The third kappa shape index (κ3) is 3.33. The fraction of sp³-hybridized carbons (Fsp3) is 0.0556. The van der Waals surface area contributed by atoms with Gasteiger partial charge in [-0.2, -0.15) is 0 Å². The Balaban J connectivity index is 2.02. The monoisotopic (exact) mass is 389 g/mol. The van der Waals surface area contributed by atoms with Crippen LogP contribution in [0.4, 0.5) is 0 Å². The molecule has 0 spiro atoms. The van der Waals surface area contributed by atoms with E-state index in [1.54, 1.807) is 25.3 Å². The van der Waals surface area contributed by atoms with Crippen LogP contribution in [0.3, 0.4) is 0 Å². The molecule has 0 aliphatic heterocycles. The highest BCUT2D eigenvalue weighted by atomic mass is 79.9. The van der Waals surface area contributed by atoms with Gasteiger partial charge in [-0.25, -0.2) is 4.98 Å². The first-order valence-corrected chi connectivity index (χ1v) is 8.05. The van der Waals surface area contributed by atoms with Crippen LogP contribution in [0.5, 0.6) is 11.5 Å². The molecule has 0 aliphatic rings. The van der Waals surface area contributed by atoms with Crippen molar-refractivity contribution in [3.8, 4) is 11.5 Å². The number of methoxy groups -OCH3 is 1. The molecular weight excluding hydrogens is 378 g/mol. The number of benzene rings is 2. The van der Waals surface area contributed by atoms with E-state index in [1.165, 1.54) is 0 Å². The summed E-state index contributed by atoms with van der Waals surface area (Å²) in [5.41, 5.74) is 2.15.